The smallest absolute Gasteiger partial charge is 0.202 e. The van der Waals surface area contributed by atoms with Crippen LogP contribution in [0.1, 0.15) is 68.8 Å². The second kappa shape index (κ2) is 10.2. The number of aliphatic hydroxyl groups is 2. The quantitative estimate of drug-likeness (QED) is 0.266. The zero-order valence-corrected chi connectivity index (χ0v) is 22.2. The first kappa shape index (κ1) is 28.1. The Morgan fingerprint density at radius 2 is 1.82 bits per heavy atom. The number of ketones is 3. The molecular weight excluding hydrogens is 526 g/mol. The molecule has 5 rings (SSSR count). The summed E-state index contributed by atoms with van der Waals surface area (Å²) in [6.07, 6.45) is -4.35. The number of Topliss-reactive ketones (excluding diaryl/α,β-unsaturated/α-hetero) is 1. The molecule has 0 saturated carbocycles. The minimum atomic E-state index is -1.70. The monoisotopic (exact) mass is 557 g/mol. The van der Waals surface area contributed by atoms with E-state index in [1.54, 1.807) is 6.92 Å². The van der Waals surface area contributed by atoms with Crippen molar-refractivity contribution < 1.29 is 53.8 Å². The number of benzene rings is 2. The van der Waals surface area contributed by atoms with Crippen molar-refractivity contribution in [3.05, 3.63) is 51.6 Å². The van der Waals surface area contributed by atoms with E-state index in [9.17, 15) is 34.8 Å². The number of fused-ring (bicyclic) bond motifs is 3. The van der Waals surface area contributed by atoms with Crippen LogP contribution < -0.4 is 10.5 Å². The fraction of sp³-hybridized carbons (Fsp3) is 0.464. The maximum Gasteiger partial charge on any atom is 0.202 e. The van der Waals surface area contributed by atoms with Crippen molar-refractivity contribution in [2.45, 2.75) is 62.4 Å². The van der Waals surface area contributed by atoms with Gasteiger partial charge < -0.3 is 45.1 Å². The average molecular weight is 558 g/mol. The molecule has 1 aliphatic heterocycles. The minimum Gasteiger partial charge on any atom is -0.507 e. The third-order valence-corrected chi connectivity index (χ3v) is 8.17. The molecule has 0 amide bonds. The maximum atomic E-state index is 13.7. The number of ether oxygens (including phenoxy) is 4. The summed E-state index contributed by atoms with van der Waals surface area (Å²) in [5, 5.41) is 43.0. The normalized spacial score (nSPS) is 29.4. The van der Waals surface area contributed by atoms with Crippen LogP contribution in [0.4, 0.5) is 0 Å². The van der Waals surface area contributed by atoms with Gasteiger partial charge in [0, 0.05) is 49.1 Å². The van der Waals surface area contributed by atoms with Gasteiger partial charge in [-0.3, -0.25) is 14.4 Å². The molecule has 0 radical (unpaired) electrons. The van der Waals surface area contributed by atoms with Gasteiger partial charge in [0.15, 0.2) is 17.9 Å². The number of phenols is 2. The second-order valence-corrected chi connectivity index (χ2v) is 10.3. The van der Waals surface area contributed by atoms with Crippen LogP contribution in [0.15, 0.2) is 18.2 Å². The zero-order chi connectivity index (χ0) is 29.1. The van der Waals surface area contributed by atoms with Crippen LogP contribution in [0, 0.1) is 0 Å². The number of carbonyl (C=O) groups excluding carboxylic acids is 3. The van der Waals surface area contributed by atoms with E-state index in [-0.39, 0.29) is 47.3 Å². The second-order valence-electron chi connectivity index (χ2n) is 10.3. The van der Waals surface area contributed by atoms with Crippen molar-refractivity contribution in [1.29, 1.82) is 0 Å². The molecule has 3 aliphatic rings. The van der Waals surface area contributed by atoms with E-state index in [1.165, 1.54) is 32.4 Å². The van der Waals surface area contributed by atoms with Crippen LogP contribution in [0.3, 0.4) is 0 Å². The fourth-order valence-electron chi connectivity index (χ4n) is 6.00. The highest BCUT2D eigenvalue weighted by Crippen LogP contribution is 2.53. The number of hydrogen-bond acceptors (Lipinski definition) is 12. The molecular formula is C28H31NO11. The highest BCUT2D eigenvalue weighted by atomic mass is 16.7. The van der Waals surface area contributed by atoms with Gasteiger partial charge in [-0.15, -0.1) is 0 Å². The molecule has 40 heavy (non-hydrogen) atoms. The van der Waals surface area contributed by atoms with Gasteiger partial charge in [0.2, 0.25) is 5.78 Å². The Morgan fingerprint density at radius 3 is 2.45 bits per heavy atom. The van der Waals surface area contributed by atoms with Gasteiger partial charge in [-0.1, -0.05) is 12.1 Å². The summed E-state index contributed by atoms with van der Waals surface area (Å²) in [4.78, 5) is 40.3. The molecule has 0 bridgehead atoms. The lowest BCUT2D eigenvalue weighted by Gasteiger charge is -2.43. The summed E-state index contributed by atoms with van der Waals surface area (Å²) in [7, 11) is 2.60. The summed E-state index contributed by atoms with van der Waals surface area (Å²) in [6.45, 7) is 0.727. The SMILES string of the molecule is COc1cccc2c1C(=O)c1c(O)c3c(c(O)c1C2=O)C[C@@](OC)(C(=O)CO)C[C@@H]3OC1CC(N)C(O)C(C)O1. The standard InChI is InChI=1S/C28H31NO11/c1-11-23(32)14(29)7-18(39-11)40-16-9-28(38-3,17(31)10-30)8-13-20(16)27(36)22-21(25(13)34)24(33)12-5-4-6-15(37-2)19(12)26(22)35/h4-6,11,14,16,18,23,30,32,34,36H,7-10,29H2,1-3H3/t11?,14?,16-,18?,23?,28-/m0/s1. The Hall–Kier alpha value is -3.39. The molecule has 12 heteroatoms. The van der Waals surface area contributed by atoms with Gasteiger partial charge in [-0.25, -0.2) is 0 Å². The lowest BCUT2D eigenvalue weighted by molar-refractivity contribution is -0.248. The number of aliphatic hydroxyl groups excluding tert-OH is 2. The maximum absolute atomic E-state index is 13.7. The molecule has 0 spiro atoms. The van der Waals surface area contributed by atoms with Gasteiger partial charge >= 0.3 is 0 Å². The highest BCUT2D eigenvalue weighted by Gasteiger charge is 2.51. The van der Waals surface area contributed by atoms with Crippen molar-refractivity contribution in [2.75, 3.05) is 20.8 Å². The van der Waals surface area contributed by atoms with Crippen molar-refractivity contribution in [3.63, 3.8) is 0 Å². The largest absolute Gasteiger partial charge is 0.507 e. The van der Waals surface area contributed by atoms with E-state index in [4.69, 9.17) is 24.7 Å². The van der Waals surface area contributed by atoms with Crippen LogP contribution in [0.2, 0.25) is 0 Å². The number of aromatic hydroxyl groups is 2. The van der Waals surface area contributed by atoms with Crippen molar-refractivity contribution in [1.82, 2.24) is 0 Å². The predicted octanol–water partition coefficient (Wildman–Crippen LogP) is 0.655. The molecule has 4 unspecified atom stereocenters. The molecule has 1 fully saturated rings. The molecule has 1 saturated heterocycles. The van der Waals surface area contributed by atoms with Crippen LogP contribution in [0.25, 0.3) is 0 Å². The molecule has 2 aliphatic carbocycles. The molecule has 0 aromatic heterocycles. The van der Waals surface area contributed by atoms with E-state index in [0.29, 0.717) is 0 Å². The van der Waals surface area contributed by atoms with Gasteiger partial charge in [-0.05, 0) is 13.0 Å². The van der Waals surface area contributed by atoms with Crippen LogP contribution in [-0.4, -0.2) is 88.7 Å². The van der Waals surface area contributed by atoms with Crippen molar-refractivity contribution in [3.8, 4) is 17.2 Å². The summed E-state index contributed by atoms with van der Waals surface area (Å²) in [6, 6.07) is 3.74. The van der Waals surface area contributed by atoms with E-state index in [1.807, 2.05) is 0 Å². The molecule has 6 N–H and O–H groups in total. The third kappa shape index (κ3) is 4.10. The Bertz CT molecular complexity index is 1390. The first-order chi connectivity index (χ1) is 19.0. The lowest BCUT2D eigenvalue weighted by atomic mass is 9.71. The van der Waals surface area contributed by atoms with E-state index in [2.05, 4.69) is 0 Å². The number of nitrogens with two attached hydrogens (primary N) is 1. The minimum absolute atomic E-state index is 0.0170. The molecule has 2 aromatic rings. The van der Waals surface area contributed by atoms with Crippen molar-refractivity contribution in [2.24, 2.45) is 5.73 Å². The van der Waals surface area contributed by atoms with Gasteiger partial charge in [0.1, 0.15) is 29.5 Å². The molecule has 12 nitrogen and oxygen atoms in total. The van der Waals surface area contributed by atoms with Gasteiger partial charge in [-0.2, -0.15) is 0 Å². The molecule has 2 aromatic carbocycles. The first-order valence-corrected chi connectivity index (χ1v) is 12.8. The highest BCUT2D eigenvalue weighted by molar-refractivity contribution is 6.31. The number of hydrogen-bond donors (Lipinski definition) is 5. The Labute approximate surface area is 229 Å². The van der Waals surface area contributed by atoms with Gasteiger partial charge in [0.25, 0.3) is 0 Å². The number of rotatable bonds is 6. The topological polar surface area (TPSA) is 195 Å². The molecule has 214 valence electrons. The number of carbonyl (C=O) groups is 3. The Kier molecular flexibility index (Phi) is 7.19. The Morgan fingerprint density at radius 1 is 1.12 bits per heavy atom. The summed E-state index contributed by atoms with van der Waals surface area (Å²) in [5.74, 6) is -3.26. The number of methoxy groups -OCH3 is 2. The van der Waals surface area contributed by atoms with Crippen molar-refractivity contribution >= 4 is 17.3 Å². The molecule has 1 heterocycles. The average Bonchev–Trinajstić information content (AvgIpc) is 2.94. The number of phenolic OH excluding ortho intramolecular Hbond substituents is 2. The summed E-state index contributed by atoms with van der Waals surface area (Å²) < 4.78 is 22.8. The first-order valence-electron chi connectivity index (χ1n) is 12.8. The van der Waals surface area contributed by atoms with E-state index >= 15 is 0 Å². The molecule has 6 atom stereocenters. The van der Waals surface area contributed by atoms with Crippen LogP contribution in [-0.2, 0) is 25.4 Å². The van der Waals surface area contributed by atoms with E-state index in [0.717, 1.165) is 0 Å². The van der Waals surface area contributed by atoms with Crippen LogP contribution >= 0.6 is 0 Å². The van der Waals surface area contributed by atoms with Gasteiger partial charge in [0.05, 0.1) is 42.1 Å². The zero-order valence-electron chi connectivity index (χ0n) is 22.2. The summed E-state index contributed by atoms with van der Waals surface area (Å²) in [5.41, 5.74) is 3.37. The Balaban J connectivity index is 1.70. The third-order valence-electron chi connectivity index (χ3n) is 8.17. The summed E-state index contributed by atoms with van der Waals surface area (Å²) >= 11 is 0. The fourth-order valence-corrected chi connectivity index (χ4v) is 6.00. The van der Waals surface area contributed by atoms with E-state index < -0.39 is 82.8 Å². The van der Waals surface area contributed by atoms with Crippen LogP contribution in [0.5, 0.6) is 17.2 Å². The predicted molar refractivity (Wildman–Crippen MR) is 137 cm³/mol. The lowest BCUT2D eigenvalue weighted by Crippen LogP contribution is -2.53.